The second-order valence-corrected chi connectivity index (χ2v) is 6.35. The average Bonchev–Trinajstić information content (AvgIpc) is 2.43. The van der Waals surface area contributed by atoms with Crippen LogP contribution in [-0.4, -0.2) is 37.5 Å². The molecule has 112 valence electrons. The molecule has 0 amide bonds. The van der Waals surface area contributed by atoms with Crippen LogP contribution in [0.2, 0.25) is 0 Å². The fraction of sp³-hybridized carbons (Fsp3) is 0.647. The number of aliphatic hydroxyl groups is 1. The maximum atomic E-state index is 10.1. The van der Waals surface area contributed by atoms with Gasteiger partial charge in [0.2, 0.25) is 0 Å². The number of quaternary nitrogens is 1. The molecule has 1 fully saturated rings. The quantitative estimate of drug-likeness (QED) is 0.853. The van der Waals surface area contributed by atoms with Crippen molar-refractivity contribution in [2.24, 2.45) is 5.92 Å². The van der Waals surface area contributed by atoms with Crippen molar-refractivity contribution < 1.29 is 14.7 Å². The van der Waals surface area contributed by atoms with Crippen LogP contribution >= 0.6 is 0 Å². The fourth-order valence-electron chi connectivity index (χ4n) is 2.76. The van der Waals surface area contributed by atoms with Crippen LogP contribution in [0.5, 0.6) is 5.75 Å². The van der Waals surface area contributed by atoms with E-state index in [-0.39, 0.29) is 6.10 Å². The molecule has 20 heavy (non-hydrogen) atoms. The van der Waals surface area contributed by atoms with Gasteiger partial charge >= 0.3 is 0 Å². The van der Waals surface area contributed by atoms with E-state index in [2.05, 4.69) is 26.8 Å². The lowest BCUT2D eigenvalue weighted by Crippen LogP contribution is -3.14. The normalized spacial score (nSPS) is 24.4. The molecule has 3 heteroatoms. The maximum absolute atomic E-state index is 10.1. The summed E-state index contributed by atoms with van der Waals surface area (Å²) in [7, 11) is 0. The molecule has 0 aromatic heterocycles. The maximum Gasteiger partial charge on any atom is 0.137 e. The minimum atomic E-state index is -0.375. The van der Waals surface area contributed by atoms with Gasteiger partial charge in [-0.2, -0.15) is 0 Å². The number of likely N-dealkylation sites (tertiary alicyclic amines) is 1. The van der Waals surface area contributed by atoms with Crippen LogP contribution in [0.25, 0.3) is 0 Å². The summed E-state index contributed by atoms with van der Waals surface area (Å²) in [5, 5.41) is 10.1. The van der Waals surface area contributed by atoms with Crippen LogP contribution in [0.3, 0.4) is 0 Å². The topological polar surface area (TPSA) is 33.9 Å². The molecule has 1 aliphatic rings. The Balaban J connectivity index is 1.74. The minimum Gasteiger partial charge on any atom is -0.491 e. The van der Waals surface area contributed by atoms with Gasteiger partial charge in [0, 0.05) is 0 Å². The Bertz CT molecular complexity index is 425. The molecule has 0 aliphatic carbocycles. The second-order valence-electron chi connectivity index (χ2n) is 6.35. The Labute approximate surface area is 122 Å². The summed E-state index contributed by atoms with van der Waals surface area (Å²) >= 11 is 0. The monoisotopic (exact) mass is 278 g/mol. The largest absolute Gasteiger partial charge is 0.491 e. The number of hydrogen-bond acceptors (Lipinski definition) is 2. The molecule has 0 bridgehead atoms. The number of ether oxygens (including phenoxy) is 1. The highest BCUT2D eigenvalue weighted by Crippen LogP contribution is 2.16. The first-order chi connectivity index (χ1) is 9.54. The van der Waals surface area contributed by atoms with E-state index in [0.717, 1.165) is 18.2 Å². The molecule has 0 unspecified atom stereocenters. The van der Waals surface area contributed by atoms with Crippen LogP contribution in [0.15, 0.2) is 18.2 Å². The van der Waals surface area contributed by atoms with Crippen LogP contribution in [0, 0.1) is 19.8 Å². The standard InChI is InChI=1S/C17H27NO2/c1-13-6-8-18(9-7-13)11-16(19)12-20-17-5-4-14(2)15(3)10-17/h4-5,10,13,16,19H,6-9,11-12H2,1-3H3/p+1/t16-/m0/s1. The van der Waals surface area contributed by atoms with E-state index in [1.165, 1.54) is 42.0 Å². The lowest BCUT2D eigenvalue weighted by atomic mass is 9.99. The minimum absolute atomic E-state index is 0.375. The van der Waals surface area contributed by atoms with E-state index in [9.17, 15) is 5.11 Å². The zero-order chi connectivity index (χ0) is 14.5. The molecular weight excluding hydrogens is 250 g/mol. The van der Waals surface area contributed by atoms with Gasteiger partial charge in [0.1, 0.15) is 25.0 Å². The molecule has 1 saturated heterocycles. The average molecular weight is 278 g/mol. The molecule has 3 nitrogen and oxygen atoms in total. The van der Waals surface area contributed by atoms with E-state index in [1.54, 1.807) is 0 Å². The number of hydrogen-bond donors (Lipinski definition) is 2. The van der Waals surface area contributed by atoms with Gasteiger partial charge in [-0.25, -0.2) is 0 Å². The van der Waals surface area contributed by atoms with E-state index in [1.807, 2.05) is 12.1 Å². The van der Waals surface area contributed by atoms with E-state index in [4.69, 9.17) is 4.74 Å². The summed E-state index contributed by atoms with van der Waals surface area (Å²) in [4.78, 5) is 1.51. The van der Waals surface area contributed by atoms with Crippen molar-refractivity contribution in [2.75, 3.05) is 26.2 Å². The Morgan fingerprint density at radius 2 is 1.95 bits per heavy atom. The van der Waals surface area contributed by atoms with Gasteiger partial charge in [0.15, 0.2) is 0 Å². The molecule has 0 saturated carbocycles. The number of aliphatic hydroxyl groups excluding tert-OH is 1. The van der Waals surface area contributed by atoms with Crippen molar-refractivity contribution in [1.82, 2.24) is 0 Å². The first-order valence-corrected chi connectivity index (χ1v) is 7.76. The lowest BCUT2D eigenvalue weighted by molar-refractivity contribution is -0.909. The van der Waals surface area contributed by atoms with Gasteiger partial charge in [-0.15, -0.1) is 0 Å². The number of nitrogens with one attached hydrogen (secondary N) is 1. The van der Waals surface area contributed by atoms with Crippen molar-refractivity contribution >= 4 is 0 Å². The number of benzene rings is 1. The highest BCUT2D eigenvalue weighted by molar-refractivity contribution is 5.33. The first-order valence-electron chi connectivity index (χ1n) is 7.76. The molecule has 1 aromatic rings. The van der Waals surface area contributed by atoms with Gasteiger partial charge in [0.25, 0.3) is 0 Å². The van der Waals surface area contributed by atoms with E-state index < -0.39 is 0 Å². The molecule has 0 radical (unpaired) electrons. The third kappa shape index (κ3) is 4.50. The number of rotatable bonds is 5. The molecule has 0 spiro atoms. The smallest absolute Gasteiger partial charge is 0.137 e. The van der Waals surface area contributed by atoms with E-state index in [0.29, 0.717) is 6.61 Å². The molecular formula is C17H28NO2+. The van der Waals surface area contributed by atoms with Crippen molar-refractivity contribution in [1.29, 1.82) is 0 Å². The van der Waals surface area contributed by atoms with Crippen LogP contribution in [0.1, 0.15) is 30.9 Å². The SMILES string of the molecule is Cc1ccc(OC[C@@H](O)C[NH+]2CCC(C)CC2)cc1C. The summed E-state index contributed by atoms with van der Waals surface area (Å²) in [5.41, 5.74) is 2.50. The summed E-state index contributed by atoms with van der Waals surface area (Å²) in [6.45, 7) is 10.0. The van der Waals surface area contributed by atoms with E-state index >= 15 is 0 Å². The molecule has 2 rings (SSSR count). The van der Waals surface area contributed by atoms with Gasteiger partial charge in [-0.3, -0.25) is 0 Å². The highest BCUT2D eigenvalue weighted by atomic mass is 16.5. The van der Waals surface area contributed by atoms with Gasteiger partial charge in [-0.05, 0) is 55.9 Å². The predicted octanol–water partition coefficient (Wildman–Crippen LogP) is 1.36. The van der Waals surface area contributed by atoms with Crippen LogP contribution in [0.4, 0.5) is 0 Å². The first kappa shape index (κ1) is 15.3. The van der Waals surface area contributed by atoms with Crippen molar-refractivity contribution in [3.63, 3.8) is 0 Å². The zero-order valence-corrected chi connectivity index (χ0v) is 13.0. The van der Waals surface area contributed by atoms with Gasteiger partial charge in [-0.1, -0.05) is 13.0 Å². The third-order valence-corrected chi connectivity index (χ3v) is 4.43. The van der Waals surface area contributed by atoms with Gasteiger partial charge < -0.3 is 14.7 Å². The Morgan fingerprint density at radius 1 is 1.25 bits per heavy atom. The second kappa shape index (κ2) is 7.09. The number of aryl methyl sites for hydroxylation is 2. The Kier molecular flexibility index (Phi) is 5.44. The highest BCUT2D eigenvalue weighted by Gasteiger charge is 2.21. The van der Waals surface area contributed by atoms with Crippen molar-refractivity contribution in [3.8, 4) is 5.75 Å². The molecule has 2 N–H and O–H groups in total. The summed E-state index contributed by atoms with van der Waals surface area (Å²) in [5.74, 6) is 1.71. The number of piperidine rings is 1. The van der Waals surface area contributed by atoms with Crippen LogP contribution < -0.4 is 9.64 Å². The lowest BCUT2D eigenvalue weighted by Gasteiger charge is -2.28. The molecule has 1 aromatic carbocycles. The zero-order valence-electron chi connectivity index (χ0n) is 13.0. The van der Waals surface area contributed by atoms with Crippen molar-refractivity contribution in [2.45, 2.75) is 39.7 Å². The molecule has 1 atom stereocenters. The Morgan fingerprint density at radius 3 is 2.60 bits per heavy atom. The summed E-state index contributed by atoms with van der Waals surface area (Å²) in [6, 6.07) is 6.08. The van der Waals surface area contributed by atoms with Crippen molar-refractivity contribution in [3.05, 3.63) is 29.3 Å². The summed E-state index contributed by atoms with van der Waals surface area (Å²) < 4.78 is 5.70. The fourth-order valence-corrected chi connectivity index (χ4v) is 2.76. The molecule has 1 heterocycles. The third-order valence-electron chi connectivity index (χ3n) is 4.43. The Hall–Kier alpha value is -1.06. The summed E-state index contributed by atoms with van der Waals surface area (Å²) in [6.07, 6.45) is 2.18. The molecule has 1 aliphatic heterocycles. The van der Waals surface area contributed by atoms with Gasteiger partial charge in [0.05, 0.1) is 13.1 Å². The predicted molar refractivity (Wildman–Crippen MR) is 81.4 cm³/mol. The van der Waals surface area contributed by atoms with Crippen LogP contribution in [-0.2, 0) is 0 Å².